The summed E-state index contributed by atoms with van der Waals surface area (Å²) in [7, 11) is -4.12. The van der Waals surface area contributed by atoms with Crippen LogP contribution in [0.15, 0.2) is 71.6 Å². The molecular weight excluding hydrogens is 512 g/mol. The summed E-state index contributed by atoms with van der Waals surface area (Å²) in [5, 5.41) is 3.01. The zero-order chi connectivity index (χ0) is 25.1. The Morgan fingerprint density at radius 1 is 0.971 bits per heavy atom. The van der Waals surface area contributed by atoms with Crippen LogP contribution in [0.4, 0.5) is 18.9 Å². The van der Waals surface area contributed by atoms with Gasteiger partial charge < -0.3 is 5.32 Å². The summed E-state index contributed by atoms with van der Waals surface area (Å²) in [6.45, 7) is 0.974. The number of hydrogen-bond donors (Lipinski definition) is 1. The van der Waals surface area contributed by atoms with Crippen LogP contribution in [0.2, 0.25) is 10.0 Å². The molecule has 0 radical (unpaired) electrons. The number of nitrogens with zero attached hydrogens (tertiary/aromatic N) is 1. The zero-order valence-electron chi connectivity index (χ0n) is 17.7. The predicted molar refractivity (Wildman–Crippen MR) is 125 cm³/mol. The maximum absolute atomic E-state index is 13.3. The van der Waals surface area contributed by atoms with E-state index in [4.69, 9.17) is 23.2 Å². The monoisotopic (exact) mass is 530 g/mol. The first-order valence-corrected chi connectivity index (χ1v) is 12.0. The maximum atomic E-state index is 13.3. The van der Waals surface area contributed by atoms with Gasteiger partial charge in [-0.05, 0) is 61.0 Å². The predicted octanol–water partition coefficient (Wildman–Crippen LogP) is 6.15. The number of rotatable bonds is 7. The standard InChI is InChI=1S/C23H19Cl2F3N2O3S/c1-15-2-10-20(11-3-15)34(32,33)30(13-16-4-7-18(24)12-21(16)25)14-22(31)29-19-8-5-17(6-9-19)23(26,27)28/h2-12H,13-14H2,1H3,(H,29,31). The first-order chi connectivity index (χ1) is 15.9. The minimum atomic E-state index is -4.51. The van der Waals surface area contributed by atoms with Crippen molar-refractivity contribution in [1.82, 2.24) is 4.31 Å². The number of carbonyl (C=O) groups excluding carboxylic acids is 1. The third-order valence-electron chi connectivity index (χ3n) is 4.84. The molecule has 180 valence electrons. The molecule has 0 fully saturated rings. The molecule has 0 saturated carbocycles. The van der Waals surface area contributed by atoms with Crippen molar-refractivity contribution in [2.75, 3.05) is 11.9 Å². The van der Waals surface area contributed by atoms with Crippen molar-refractivity contribution in [2.24, 2.45) is 0 Å². The Hall–Kier alpha value is -2.59. The maximum Gasteiger partial charge on any atom is 0.416 e. The highest BCUT2D eigenvalue weighted by Gasteiger charge is 2.30. The summed E-state index contributed by atoms with van der Waals surface area (Å²) in [5.74, 6) is -0.736. The molecule has 1 N–H and O–H groups in total. The van der Waals surface area contributed by atoms with Crippen LogP contribution in [0.25, 0.3) is 0 Å². The topological polar surface area (TPSA) is 66.5 Å². The minimum absolute atomic E-state index is 0.0227. The van der Waals surface area contributed by atoms with E-state index in [1.807, 2.05) is 0 Å². The molecule has 0 spiro atoms. The summed E-state index contributed by atoms with van der Waals surface area (Å²) >= 11 is 12.1. The van der Waals surface area contributed by atoms with Crippen LogP contribution >= 0.6 is 23.2 Å². The Morgan fingerprint density at radius 2 is 1.59 bits per heavy atom. The fourth-order valence-corrected chi connectivity index (χ4v) is 4.87. The van der Waals surface area contributed by atoms with Crippen molar-refractivity contribution >= 4 is 44.8 Å². The summed E-state index contributed by atoms with van der Waals surface area (Å²) in [6, 6.07) is 14.5. The number of halogens is 5. The van der Waals surface area contributed by atoms with Crippen LogP contribution in [0.3, 0.4) is 0 Å². The normalized spacial score (nSPS) is 12.1. The molecule has 34 heavy (non-hydrogen) atoms. The minimum Gasteiger partial charge on any atom is -0.325 e. The van der Waals surface area contributed by atoms with Crippen LogP contribution in [0.5, 0.6) is 0 Å². The van der Waals surface area contributed by atoms with Gasteiger partial charge in [0.05, 0.1) is 17.0 Å². The van der Waals surface area contributed by atoms with Gasteiger partial charge in [-0.3, -0.25) is 4.79 Å². The van der Waals surface area contributed by atoms with Gasteiger partial charge in [0.2, 0.25) is 15.9 Å². The van der Waals surface area contributed by atoms with Crippen molar-refractivity contribution in [3.63, 3.8) is 0 Å². The molecule has 0 bridgehead atoms. The van der Waals surface area contributed by atoms with Gasteiger partial charge in [0.15, 0.2) is 0 Å². The molecule has 11 heteroatoms. The van der Waals surface area contributed by atoms with Gasteiger partial charge in [0, 0.05) is 22.3 Å². The van der Waals surface area contributed by atoms with Gasteiger partial charge >= 0.3 is 6.18 Å². The Balaban J connectivity index is 1.87. The number of alkyl halides is 3. The molecule has 0 atom stereocenters. The lowest BCUT2D eigenvalue weighted by Gasteiger charge is -2.23. The van der Waals surface area contributed by atoms with Crippen molar-refractivity contribution in [1.29, 1.82) is 0 Å². The molecule has 3 aromatic rings. The Labute approximate surface area is 205 Å². The van der Waals surface area contributed by atoms with Gasteiger partial charge in [0.1, 0.15) is 0 Å². The summed E-state index contributed by atoms with van der Waals surface area (Å²) in [6.07, 6.45) is -4.51. The SMILES string of the molecule is Cc1ccc(S(=O)(=O)N(CC(=O)Nc2ccc(C(F)(F)F)cc2)Cc2ccc(Cl)cc2Cl)cc1. The van der Waals surface area contributed by atoms with E-state index in [0.717, 1.165) is 34.1 Å². The van der Waals surface area contributed by atoms with Crippen LogP contribution in [0.1, 0.15) is 16.7 Å². The first kappa shape index (κ1) is 26.0. The number of aryl methyl sites for hydroxylation is 1. The zero-order valence-corrected chi connectivity index (χ0v) is 20.1. The molecule has 3 rings (SSSR count). The third-order valence-corrected chi connectivity index (χ3v) is 7.23. The summed E-state index contributed by atoms with van der Waals surface area (Å²) in [4.78, 5) is 12.6. The van der Waals surface area contributed by atoms with E-state index >= 15 is 0 Å². The van der Waals surface area contributed by atoms with E-state index < -0.39 is 34.2 Å². The molecule has 0 aromatic heterocycles. The average Bonchev–Trinajstić information content (AvgIpc) is 2.75. The highest BCUT2D eigenvalue weighted by Crippen LogP contribution is 2.30. The molecule has 3 aromatic carbocycles. The molecule has 0 heterocycles. The summed E-state index contributed by atoms with van der Waals surface area (Å²) in [5.41, 5.74) is 0.497. The average molecular weight is 531 g/mol. The largest absolute Gasteiger partial charge is 0.416 e. The molecule has 0 aliphatic carbocycles. The van der Waals surface area contributed by atoms with Crippen LogP contribution < -0.4 is 5.32 Å². The molecule has 0 unspecified atom stereocenters. The van der Waals surface area contributed by atoms with E-state index in [9.17, 15) is 26.4 Å². The number of amides is 1. The Kier molecular flexibility index (Phi) is 7.92. The highest BCUT2D eigenvalue weighted by molar-refractivity contribution is 7.89. The van der Waals surface area contributed by atoms with Gasteiger partial charge in [0.25, 0.3) is 0 Å². The molecular formula is C23H19Cl2F3N2O3S. The van der Waals surface area contributed by atoms with Crippen molar-refractivity contribution in [2.45, 2.75) is 24.5 Å². The highest BCUT2D eigenvalue weighted by atomic mass is 35.5. The number of sulfonamides is 1. The lowest BCUT2D eigenvalue weighted by Crippen LogP contribution is -2.37. The van der Waals surface area contributed by atoms with E-state index in [0.29, 0.717) is 10.6 Å². The number of hydrogen-bond acceptors (Lipinski definition) is 3. The van der Waals surface area contributed by atoms with Gasteiger partial charge in [-0.25, -0.2) is 8.42 Å². The van der Waals surface area contributed by atoms with E-state index in [1.54, 1.807) is 31.2 Å². The molecule has 5 nitrogen and oxygen atoms in total. The van der Waals surface area contributed by atoms with Crippen molar-refractivity contribution in [3.8, 4) is 0 Å². The Morgan fingerprint density at radius 3 is 2.15 bits per heavy atom. The first-order valence-electron chi connectivity index (χ1n) is 9.84. The smallest absolute Gasteiger partial charge is 0.325 e. The molecule has 1 amide bonds. The number of benzene rings is 3. The van der Waals surface area contributed by atoms with Crippen LogP contribution in [-0.4, -0.2) is 25.2 Å². The van der Waals surface area contributed by atoms with Crippen LogP contribution in [0, 0.1) is 6.92 Å². The fourth-order valence-electron chi connectivity index (χ4n) is 3.03. The fraction of sp³-hybridized carbons (Fsp3) is 0.174. The van der Waals surface area contributed by atoms with E-state index in [2.05, 4.69) is 5.32 Å². The van der Waals surface area contributed by atoms with Gasteiger partial charge in [-0.2, -0.15) is 17.5 Å². The number of carbonyl (C=O) groups is 1. The second kappa shape index (κ2) is 10.4. The van der Waals surface area contributed by atoms with Gasteiger partial charge in [-0.15, -0.1) is 0 Å². The second-order valence-corrected chi connectivity index (χ2v) is 10.2. The van der Waals surface area contributed by atoms with Crippen molar-refractivity contribution in [3.05, 3.63) is 93.5 Å². The van der Waals surface area contributed by atoms with Crippen molar-refractivity contribution < 1.29 is 26.4 Å². The molecule has 0 aliphatic heterocycles. The molecule has 0 saturated heterocycles. The second-order valence-electron chi connectivity index (χ2n) is 7.45. The van der Waals surface area contributed by atoms with Crippen LogP contribution in [-0.2, 0) is 27.5 Å². The lowest BCUT2D eigenvalue weighted by atomic mass is 10.2. The molecule has 0 aliphatic rings. The number of anilines is 1. The lowest BCUT2D eigenvalue weighted by molar-refractivity contribution is -0.137. The summed E-state index contributed by atoms with van der Waals surface area (Å²) < 4.78 is 65.8. The quantitative estimate of drug-likeness (QED) is 0.398. The number of nitrogens with one attached hydrogen (secondary N) is 1. The Bertz CT molecular complexity index is 1280. The van der Waals surface area contributed by atoms with E-state index in [1.165, 1.54) is 18.2 Å². The van der Waals surface area contributed by atoms with Gasteiger partial charge in [-0.1, -0.05) is 47.0 Å². The van der Waals surface area contributed by atoms with E-state index in [-0.39, 0.29) is 22.2 Å². The third kappa shape index (κ3) is 6.50.